The third-order valence-corrected chi connectivity index (χ3v) is 1.92. The average Bonchev–Trinajstić information content (AvgIpc) is 2.36. The van der Waals surface area contributed by atoms with Crippen LogP contribution < -0.4 is 14.6 Å². The van der Waals surface area contributed by atoms with Crippen LogP contribution in [0, 0.1) is 0 Å². The molecule has 0 saturated heterocycles. The molecule has 0 aliphatic rings. The summed E-state index contributed by atoms with van der Waals surface area (Å²) < 4.78 is 49.0. The van der Waals surface area contributed by atoms with E-state index in [4.69, 9.17) is 0 Å². The number of alkyl halides is 3. The maximum Gasteiger partial charge on any atom is 0.573 e. The van der Waals surface area contributed by atoms with Gasteiger partial charge in [0.15, 0.2) is 11.5 Å². The third-order valence-electron chi connectivity index (χ3n) is 1.92. The molecule has 0 N–H and O–H groups in total. The van der Waals surface area contributed by atoms with Crippen LogP contribution in [-0.2, 0) is 4.74 Å². The zero-order valence-corrected chi connectivity index (χ0v) is 10.3. The standard InChI is InChI=1S/C12H9F3O6/c1-2-5-19-11(18)20-9-6-7(10(16)17)3-4-8(9)21-12(13,14)15/h2-4,6H,1,5H2,(H,16,17)/p-1. The molecule has 0 amide bonds. The van der Waals surface area contributed by atoms with E-state index in [9.17, 15) is 27.9 Å². The Morgan fingerprint density at radius 2 is 1.95 bits per heavy atom. The SMILES string of the molecule is C=CCOC(=O)Oc1cc(C(=O)[O-])ccc1OC(F)(F)F. The van der Waals surface area contributed by atoms with E-state index in [0.29, 0.717) is 12.1 Å². The van der Waals surface area contributed by atoms with Gasteiger partial charge in [-0.15, -0.1) is 13.2 Å². The fraction of sp³-hybridized carbons (Fsp3) is 0.167. The van der Waals surface area contributed by atoms with Crippen molar-refractivity contribution in [1.29, 1.82) is 0 Å². The van der Waals surface area contributed by atoms with Gasteiger partial charge in [0.05, 0.1) is 5.97 Å². The Labute approximate surface area is 116 Å². The zero-order valence-electron chi connectivity index (χ0n) is 10.3. The quantitative estimate of drug-likeness (QED) is 0.467. The lowest BCUT2D eigenvalue weighted by Crippen LogP contribution is -2.23. The van der Waals surface area contributed by atoms with Crippen molar-refractivity contribution >= 4 is 12.1 Å². The number of rotatable bonds is 5. The summed E-state index contributed by atoms with van der Waals surface area (Å²) in [5, 5.41) is 10.6. The van der Waals surface area contributed by atoms with Gasteiger partial charge in [-0.25, -0.2) is 4.79 Å². The van der Waals surface area contributed by atoms with E-state index in [1.165, 1.54) is 6.08 Å². The molecule has 0 aliphatic carbocycles. The second kappa shape index (κ2) is 6.64. The van der Waals surface area contributed by atoms with Crippen molar-refractivity contribution in [2.24, 2.45) is 0 Å². The first-order valence-electron chi connectivity index (χ1n) is 5.29. The first-order chi connectivity index (χ1) is 9.73. The van der Waals surface area contributed by atoms with Crippen LogP contribution in [0.4, 0.5) is 18.0 Å². The molecule has 0 atom stereocenters. The van der Waals surface area contributed by atoms with Gasteiger partial charge in [-0.3, -0.25) is 0 Å². The van der Waals surface area contributed by atoms with E-state index in [1.807, 2.05) is 0 Å². The molecule has 0 bridgehead atoms. The van der Waals surface area contributed by atoms with Gasteiger partial charge in [0.1, 0.15) is 6.61 Å². The molecule has 1 aromatic rings. The monoisotopic (exact) mass is 305 g/mol. The highest BCUT2D eigenvalue weighted by atomic mass is 19.4. The molecule has 0 fully saturated rings. The van der Waals surface area contributed by atoms with E-state index < -0.39 is 35.5 Å². The van der Waals surface area contributed by atoms with Gasteiger partial charge < -0.3 is 24.1 Å². The number of aromatic carboxylic acids is 1. The van der Waals surface area contributed by atoms with E-state index in [1.54, 1.807) is 0 Å². The maximum absolute atomic E-state index is 12.2. The minimum absolute atomic E-state index is 0.242. The second-order valence-electron chi connectivity index (χ2n) is 3.45. The predicted octanol–water partition coefficient (Wildman–Crippen LogP) is 1.65. The molecule has 1 aromatic carbocycles. The summed E-state index contributed by atoms with van der Waals surface area (Å²) in [5.74, 6) is -3.34. The number of carbonyl (C=O) groups excluding carboxylic acids is 2. The summed E-state index contributed by atoms with van der Waals surface area (Å²) in [6.45, 7) is 3.01. The zero-order chi connectivity index (χ0) is 16.0. The highest BCUT2D eigenvalue weighted by Crippen LogP contribution is 2.33. The lowest BCUT2D eigenvalue weighted by molar-refractivity contribution is -0.275. The number of carbonyl (C=O) groups is 2. The first-order valence-corrected chi connectivity index (χ1v) is 5.29. The van der Waals surface area contributed by atoms with Crippen LogP contribution >= 0.6 is 0 Å². The molecule has 114 valence electrons. The molecule has 0 radical (unpaired) electrons. The summed E-state index contributed by atoms with van der Waals surface area (Å²) in [5.41, 5.74) is -0.504. The highest BCUT2D eigenvalue weighted by Gasteiger charge is 2.33. The van der Waals surface area contributed by atoms with Gasteiger partial charge in [-0.1, -0.05) is 12.7 Å². The lowest BCUT2D eigenvalue weighted by atomic mass is 10.2. The van der Waals surface area contributed by atoms with Crippen LogP contribution in [0.3, 0.4) is 0 Å². The minimum atomic E-state index is -5.05. The van der Waals surface area contributed by atoms with Crippen molar-refractivity contribution < 1.29 is 42.1 Å². The highest BCUT2D eigenvalue weighted by molar-refractivity contribution is 5.87. The molecule has 0 saturated carbocycles. The molecular weight excluding hydrogens is 297 g/mol. The van der Waals surface area contributed by atoms with Crippen LogP contribution in [0.25, 0.3) is 0 Å². The summed E-state index contributed by atoms with van der Waals surface area (Å²) in [7, 11) is 0. The predicted molar refractivity (Wildman–Crippen MR) is 59.6 cm³/mol. The Kier molecular flexibility index (Phi) is 5.17. The molecule has 0 heterocycles. The van der Waals surface area contributed by atoms with Crippen molar-refractivity contribution in [2.75, 3.05) is 6.61 Å². The molecular formula is C12H8F3O6-. The van der Waals surface area contributed by atoms with Gasteiger partial charge in [0.2, 0.25) is 0 Å². The Morgan fingerprint density at radius 3 is 2.48 bits per heavy atom. The van der Waals surface area contributed by atoms with Crippen LogP contribution in [0.5, 0.6) is 11.5 Å². The molecule has 21 heavy (non-hydrogen) atoms. The molecule has 0 spiro atoms. The van der Waals surface area contributed by atoms with E-state index in [-0.39, 0.29) is 6.61 Å². The fourth-order valence-electron chi connectivity index (χ4n) is 1.17. The van der Waals surface area contributed by atoms with Crippen molar-refractivity contribution in [3.8, 4) is 11.5 Å². The number of halogens is 3. The van der Waals surface area contributed by atoms with Crippen LogP contribution in [0.1, 0.15) is 10.4 Å². The number of hydrogen-bond acceptors (Lipinski definition) is 6. The number of carboxylic acids is 1. The molecule has 9 heteroatoms. The smallest absolute Gasteiger partial charge is 0.545 e. The van der Waals surface area contributed by atoms with E-state index in [2.05, 4.69) is 20.8 Å². The first kappa shape index (κ1) is 16.3. The van der Waals surface area contributed by atoms with Gasteiger partial charge in [-0.05, 0) is 18.2 Å². The number of carboxylic acid groups (broad SMARTS) is 1. The van der Waals surface area contributed by atoms with Crippen molar-refractivity contribution in [3.63, 3.8) is 0 Å². The summed E-state index contributed by atoms with van der Waals surface area (Å²) in [6.07, 6.45) is -5.20. The Morgan fingerprint density at radius 1 is 1.29 bits per heavy atom. The summed E-state index contributed by atoms with van der Waals surface area (Å²) >= 11 is 0. The summed E-state index contributed by atoms with van der Waals surface area (Å²) in [4.78, 5) is 21.8. The average molecular weight is 305 g/mol. The number of hydrogen-bond donors (Lipinski definition) is 0. The molecule has 0 aliphatic heterocycles. The third kappa shape index (κ3) is 5.43. The number of ether oxygens (including phenoxy) is 3. The topological polar surface area (TPSA) is 84.9 Å². The van der Waals surface area contributed by atoms with Gasteiger partial charge in [-0.2, -0.15) is 0 Å². The van der Waals surface area contributed by atoms with Gasteiger partial charge >= 0.3 is 12.5 Å². The number of benzene rings is 1. The van der Waals surface area contributed by atoms with Crippen LogP contribution in [-0.4, -0.2) is 25.1 Å². The van der Waals surface area contributed by atoms with E-state index >= 15 is 0 Å². The van der Waals surface area contributed by atoms with Crippen LogP contribution in [0.2, 0.25) is 0 Å². The molecule has 1 rings (SSSR count). The maximum atomic E-state index is 12.2. The normalized spacial score (nSPS) is 10.6. The molecule has 0 aromatic heterocycles. The minimum Gasteiger partial charge on any atom is -0.545 e. The second-order valence-corrected chi connectivity index (χ2v) is 3.45. The molecule has 0 unspecified atom stereocenters. The molecule has 6 nitrogen and oxygen atoms in total. The van der Waals surface area contributed by atoms with Crippen molar-refractivity contribution in [2.45, 2.75) is 6.36 Å². The van der Waals surface area contributed by atoms with Crippen molar-refractivity contribution in [1.82, 2.24) is 0 Å². The van der Waals surface area contributed by atoms with Crippen LogP contribution in [0.15, 0.2) is 30.9 Å². The van der Waals surface area contributed by atoms with Crippen molar-refractivity contribution in [3.05, 3.63) is 36.4 Å². The van der Waals surface area contributed by atoms with Gasteiger partial charge in [0, 0.05) is 5.56 Å². The Hall–Kier alpha value is -2.71. The van der Waals surface area contributed by atoms with Gasteiger partial charge in [0.25, 0.3) is 0 Å². The summed E-state index contributed by atoms with van der Waals surface area (Å²) in [6, 6.07) is 2.12. The largest absolute Gasteiger partial charge is 0.573 e. The fourth-order valence-corrected chi connectivity index (χ4v) is 1.17. The Bertz CT molecular complexity index is 552. The lowest BCUT2D eigenvalue weighted by Gasteiger charge is -2.14. The Balaban J connectivity index is 3.04. The van der Waals surface area contributed by atoms with E-state index in [0.717, 1.165) is 6.07 Å².